The van der Waals surface area contributed by atoms with Crippen molar-refractivity contribution in [2.75, 3.05) is 26.7 Å². The van der Waals surface area contributed by atoms with Crippen molar-refractivity contribution in [3.63, 3.8) is 0 Å². The van der Waals surface area contributed by atoms with Gasteiger partial charge in [-0.05, 0) is 13.0 Å². The predicted octanol–water partition coefficient (Wildman–Crippen LogP) is -0.740. The molecule has 1 unspecified atom stereocenters. The molecule has 19 heavy (non-hydrogen) atoms. The number of ether oxygens (including phenoxy) is 1. The molecule has 2 aliphatic rings. The van der Waals surface area contributed by atoms with E-state index in [4.69, 9.17) is 4.74 Å². The summed E-state index contributed by atoms with van der Waals surface area (Å²) in [6, 6.07) is 0. The highest BCUT2D eigenvalue weighted by Gasteiger charge is 2.69. The van der Waals surface area contributed by atoms with E-state index in [1.54, 1.807) is 0 Å². The van der Waals surface area contributed by atoms with Crippen molar-refractivity contribution in [1.82, 2.24) is 0 Å². The topological polar surface area (TPSA) is 100.0 Å². The first-order chi connectivity index (χ1) is 8.90. The van der Waals surface area contributed by atoms with Gasteiger partial charge in [0.1, 0.15) is 13.0 Å². The standard InChI is InChI=1S/C11H17N3O5/c1-3-12-7-10(13(15)16)5-4-9(19-2)11(6-10,8-12)14(17)18/h4H,3,5-8H2,1-2H3/p+1/t10-,11+/m0/s1. The third-order valence-corrected chi connectivity index (χ3v) is 4.33. The summed E-state index contributed by atoms with van der Waals surface area (Å²) in [5.41, 5.74) is -2.69. The second kappa shape index (κ2) is 4.44. The second-order valence-electron chi connectivity index (χ2n) is 5.38. The minimum Gasteiger partial charge on any atom is -0.494 e. The average molecular weight is 272 g/mol. The average Bonchev–Trinajstić information content (AvgIpc) is 2.38. The Bertz CT molecular complexity index is 452. The molecule has 1 aliphatic heterocycles. The quantitative estimate of drug-likeness (QED) is 0.536. The van der Waals surface area contributed by atoms with Crippen LogP contribution in [0.25, 0.3) is 0 Å². The van der Waals surface area contributed by atoms with Crippen LogP contribution < -0.4 is 4.90 Å². The van der Waals surface area contributed by atoms with Crippen LogP contribution in [0.5, 0.6) is 0 Å². The molecule has 0 radical (unpaired) electrons. The normalized spacial score (nSPS) is 37.4. The highest BCUT2D eigenvalue weighted by Crippen LogP contribution is 2.40. The number of piperidine rings is 1. The molecule has 1 heterocycles. The Balaban J connectivity index is 2.53. The lowest BCUT2D eigenvalue weighted by Crippen LogP contribution is -3.18. The van der Waals surface area contributed by atoms with Crippen LogP contribution in [0.4, 0.5) is 0 Å². The first kappa shape index (κ1) is 13.7. The molecular weight excluding hydrogens is 254 g/mol. The molecule has 0 aromatic rings. The van der Waals surface area contributed by atoms with Crippen LogP contribution in [0.3, 0.4) is 0 Å². The van der Waals surface area contributed by atoms with Gasteiger partial charge in [-0.15, -0.1) is 0 Å². The first-order valence-corrected chi connectivity index (χ1v) is 6.27. The lowest BCUT2D eigenvalue weighted by atomic mass is 9.71. The minimum atomic E-state index is -1.45. The number of nitrogens with one attached hydrogen (secondary N) is 1. The van der Waals surface area contributed by atoms with Gasteiger partial charge in [0.05, 0.1) is 13.7 Å². The fraction of sp³-hybridized carbons (Fsp3) is 0.818. The lowest BCUT2D eigenvalue weighted by Gasteiger charge is -2.42. The van der Waals surface area contributed by atoms with Gasteiger partial charge >= 0.3 is 5.54 Å². The molecule has 2 bridgehead atoms. The molecular formula is C11H18N3O5+. The van der Waals surface area contributed by atoms with Crippen molar-refractivity contribution < 1.29 is 19.5 Å². The smallest absolute Gasteiger partial charge is 0.331 e. The SMILES string of the molecule is CC[NH+]1C[C@]2([N+](=O)[O-])CC=C(OC)[C@]([N+](=O)[O-])(C1)C2. The Labute approximate surface area is 110 Å². The van der Waals surface area contributed by atoms with E-state index in [1.165, 1.54) is 13.2 Å². The van der Waals surface area contributed by atoms with E-state index in [9.17, 15) is 20.2 Å². The molecule has 3 atom stereocenters. The van der Waals surface area contributed by atoms with Crippen LogP contribution in [0.1, 0.15) is 19.8 Å². The molecule has 106 valence electrons. The summed E-state index contributed by atoms with van der Waals surface area (Å²) in [5, 5.41) is 22.9. The summed E-state index contributed by atoms with van der Waals surface area (Å²) in [4.78, 5) is 23.1. The van der Waals surface area contributed by atoms with E-state index in [0.717, 1.165) is 4.90 Å². The van der Waals surface area contributed by atoms with Crippen molar-refractivity contribution in [1.29, 1.82) is 0 Å². The maximum Gasteiger partial charge on any atom is 0.331 e. The molecule has 1 aliphatic carbocycles. The van der Waals surface area contributed by atoms with Gasteiger partial charge < -0.3 is 9.64 Å². The second-order valence-corrected chi connectivity index (χ2v) is 5.38. The zero-order valence-electron chi connectivity index (χ0n) is 11.0. The van der Waals surface area contributed by atoms with Crippen molar-refractivity contribution >= 4 is 0 Å². The van der Waals surface area contributed by atoms with Crippen molar-refractivity contribution in [3.8, 4) is 0 Å². The van der Waals surface area contributed by atoms with Gasteiger partial charge in [-0.25, -0.2) is 0 Å². The number of likely N-dealkylation sites (tertiary alicyclic amines) is 1. The number of fused-ring (bicyclic) bond motifs is 2. The van der Waals surface area contributed by atoms with E-state index < -0.39 is 16.0 Å². The van der Waals surface area contributed by atoms with Gasteiger partial charge in [-0.2, -0.15) is 0 Å². The Morgan fingerprint density at radius 3 is 2.53 bits per heavy atom. The highest BCUT2D eigenvalue weighted by molar-refractivity contribution is 5.20. The van der Waals surface area contributed by atoms with Crippen LogP contribution in [0.15, 0.2) is 11.8 Å². The molecule has 8 heteroatoms. The molecule has 0 saturated carbocycles. The van der Waals surface area contributed by atoms with E-state index in [-0.39, 0.29) is 30.1 Å². The molecule has 1 fully saturated rings. The monoisotopic (exact) mass is 272 g/mol. The lowest BCUT2D eigenvalue weighted by molar-refractivity contribution is -0.942. The van der Waals surface area contributed by atoms with Crippen LogP contribution in [-0.4, -0.2) is 47.7 Å². The number of methoxy groups -OCH3 is 1. The molecule has 0 amide bonds. The molecule has 1 N–H and O–H groups in total. The molecule has 0 aromatic heterocycles. The zero-order chi connectivity index (χ0) is 14.3. The molecule has 8 nitrogen and oxygen atoms in total. The fourth-order valence-electron chi connectivity index (χ4n) is 3.35. The third kappa shape index (κ3) is 1.86. The van der Waals surface area contributed by atoms with Gasteiger partial charge in [0.2, 0.25) is 0 Å². The van der Waals surface area contributed by atoms with Crippen LogP contribution in [0, 0.1) is 20.2 Å². The minimum absolute atomic E-state index is 0.0802. The van der Waals surface area contributed by atoms with Gasteiger partial charge in [-0.1, -0.05) is 0 Å². The molecule has 0 spiro atoms. The maximum atomic E-state index is 11.5. The third-order valence-electron chi connectivity index (χ3n) is 4.33. The van der Waals surface area contributed by atoms with Crippen LogP contribution in [0.2, 0.25) is 0 Å². The molecule has 1 saturated heterocycles. The number of hydrogen-bond donors (Lipinski definition) is 1. The number of quaternary nitrogens is 1. The number of nitrogens with zero attached hydrogens (tertiary/aromatic N) is 2. The number of rotatable bonds is 4. The van der Waals surface area contributed by atoms with Crippen LogP contribution in [-0.2, 0) is 4.74 Å². The summed E-state index contributed by atoms with van der Waals surface area (Å²) in [6.45, 7) is 3.08. The van der Waals surface area contributed by atoms with E-state index >= 15 is 0 Å². The van der Waals surface area contributed by atoms with Gasteiger partial charge in [0.25, 0.3) is 5.54 Å². The summed E-state index contributed by atoms with van der Waals surface area (Å²) in [5.74, 6) is 0.264. The Kier molecular flexibility index (Phi) is 3.21. The van der Waals surface area contributed by atoms with Crippen molar-refractivity contribution in [2.24, 2.45) is 0 Å². The highest BCUT2D eigenvalue weighted by atomic mass is 16.6. The van der Waals surface area contributed by atoms with Gasteiger partial charge in [0.15, 0.2) is 12.3 Å². The van der Waals surface area contributed by atoms with Crippen molar-refractivity contribution in [2.45, 2.75) is 30.8 Å². The molecule has 2 rings (SSSR count). The zero-order valence-corrected chi connectivity index (χ0v) is 11.0. The van der Waals surface area contributed by atoms with Crippen LogP contribution >= 0.6 is 0 Å². The number of hydrogen-bond acceptors (Lipinski definition) is 5. The first-order valence-electron chi connectivity index (χ1n) is 6.27. The van der Waals surface area contributed by atoms with Gasteiger partial charge in [-0.3, -0.25) is 20.2 Å². The Morgan fingerprint density at radius 2 is 2.05 bits per heavy atom. The Hall–Kier alpha value is -1.70. The van der Waals surface area contributed by atoms with E-state index in [1.807, 2.05) is 6.92 Å². The number of nitro groups is 2. The van der Waals surface area contributed by atoms with E-state index in [2.05, 4.69) is 0 Å². The molecule has 0 aromatic carbocycles. The van der Waals surface area contributed by atoms with Gasteiger partial charge in [0, 0.05) is 16.3 Å². The Morgan fingerprint density at radius 1 is 1.37 bits per heavy atom. The maximum absolute atomic E-state index is 11.5. The fourth-order valence-corrected chi connectivity index (χ4v) is 3.35. The summed E-state index contributed by atoms with van der Waals surface area (Å²) < 4.78 is 5.14. The summed E-state index contributed by atoms with van der Waals surface area (Å²) in [7, 11) is 1.39. The summed E-state index contributed by atoms with van der Waals surface area (Å²) >= 11 is 0. The van der Waals surface area contributed by atoms with E-state index in [0.29, 0.717) is 13.1 Å². The predicted molar refractivity (Wildman–Crippen MR) is 65.0 cm³/mol. The number of likely N-dealkylation sites (N-methyl/N-ethyl adjacent to an activating group) is 1. The largest absolute Gasteiger partial charge is 0.494 e. The van der Waals surface area contributed by atoms with Crippen molar-refractivity contribution in [3.05, 3.63) is 32.1 Å². The summed E-state index contributed by atoms with van der Waals surface area (Å²) in [6.07, 6.45) is 1.65.